The van der Waals surface area contributed by atoms with Crippen LogP contribution in [0.1, 0.15) is 38.3 Å². The molecule has 0 spiro atoms. The van der Waals surface area contributed by atoms with Gasteiger partial charge in [0.2, 0.25) is 5.11 Å². The van der Waals surface area contributed by atoms with Gasteiger partial charge in [-0.25, -0.2) is 5.01 Å². The summed E-state index contributed by atoms with van der Waals surface area (Å²) in [5.74, 6) is 0. The number of thiocarbonyl (C=S) groups is 1. The second kappa shape index (κ2) is 7.91. The first-order valence-corrected chi connectivity index (χ1v) is 7.44. The Hall–Kier alpha value is -1.53. The number of hydrazone groups is 1. The van der Waals surface area contributed by atoms with Gasteiger partial charge in [0.25, 0.3) is 0 Å². The van der Waals surface area contributed by atoms with Crippen molar-refractivity contribution in [3.05, 3.63) is 30.1 Å². The molecule has 0 amide bonds. The van der Waals surface area contributed by atoms with Gasteiger partial charge in [0, 0.05) is 19.3 Å². The quantitative estimate of drug-likeness (QED) is 0.507. The zero-order valence-electron chi connectivity index (χ0n) is 11.8. The highest BCUT2D eigenvalue weighted by Gasteiger charge is 2.09. The van der Waals surface area contributed by atoms with Crippen molar-refractivity contribution in [1.82, 2.24) is 20.8 Å². The summed E-state index contributed by atoms with van der Waals surface area (Å²) in [6.07, 6.45) is 6.78. The minimum atomic E-state index is 0.530. The lowest BCUT2D eigenvalue weighted by Gasteiger charge is -2.21. The zero-order chi connectivity index (χ0) is 14.2. The fraction of sp³-hybridized carbons (Fsp3) is 0.500. The minimum Gasteiger partial charge on any atom is -0.294 e. The van der Waals surface area contributed by atoms with E-state index in [1.165, 1.54) is 25.7 Å². The monoisotopic (exact) mass is 291 g/mol. The molecule has 0 aliphatic carbocycles. The third-order valence-electron chi connectivity index (χ3n) is 3.23. The minimum absolute atomic E-state index is 0.530. The van der Waals surface area contributed by atoms with Gasteiger partial charge in [0.05, 0.1) is 11.4 Å². The Kier molecular flexibility index (Phi) is 5.88. The Morgan fingerprint density at radius 2 is 2.00 bits per heavy atom. The lowest BCUT2D eigenvalue weighted by atomic mass is 10.2. The molecule has 0 atom stereocenters. The summed E-state index contributed by atoms with van der Waals surface area (Å²) in [4.78, 5) is 4.24. The molecule has 2 heterocycles. The van der Waals surface area contributed by atoms with E-state index in [9.17, 15) is 0 Å². The summed E-state index contributed by atoms with van der Waals surface area (Å²) in [6, 6.07) is 5.75. The Morgan fingerprint density at radius 3 is 2.65 bits per heavy atom. The van der Waals surface area contributed by atoms with Crippen molar-refractivity contribution in [1.29, 1.82) is 0 Å². The van der Waals surface area contributed by atoms with Crippen molar-refractivity contribution in [2.75, 3.05) is 13.1 Å². The molecule has 1 aromatic heterocycles. The SMILES string of the molecule is C/C(=N\NC(=S)NN1CCCCCC1)c1ccccn1. The van der Waals surface area contributed by atoms with Crippen LogP contribution in [0, 0.1) is 0 Å². The van der Waals surface area contributed by atoms with Gasteiger partial charge in [-0.3, -0.25) is 15.8 Å². The lowest BCUT2D eigenvalue weighted by Crippen LogP contribution is -2.46. The van der Waals surface area contributed by atoms with Crippen LogP contribution < -0.4 is 10.9 Å². The summed E-state index contributed by atoms with van der Waals surface area (Å²) in [6.45, 7) is 3.97. The van der Waals surface area contributed by atoms with Crippen LogP contribution in [0.2, 0.25) is 0 Å². The second-order valence-electron chi connectivity index (χ2n) is 4.87. The fourth-order valence-electron chi connectivity index (χ4n) is 2.12. The number of pyridine rings is 1. The maximum Gasteiger partial charge on any atom is 0.201 e. The largest absolute Gasteiger partial charge is 0.294 e. The molecule has 6 heteroatoms. The van der Waals surface area contributed by atoms with Crippen LogP contribution >= 0.6 is 12.2 Å². The average molecular weight is 291 g/mol. The summed E-state index contributed by atoms with van der Waals surface area (Å²) in [5, 5.41) is 6.95. The van der Waals surface area contributed by atoms with Crippen LogP contribution in [0.15, 0.2) is 29.5 Å². The molecule has 108 valence electrons. The number of nitrogens with zero attached hydrogens (tertiary/aromatic N) is 3. The van der Waals surface area contributed by atoms with Crippen LogP contribution in [0.25, 0.3) is 0 Å². The summed E-state index contributed by atoms with van der Waals surface area (Å²) < 4.78 is 0. The van der Waals surface area contributed by atoms with Crippen molar-refractivity contribution in [2.45, 2.75) is 32.6 Å². The van der Waals surface area contributed by atoms with E-state index in [1.54, 1.807) is 6.20 Å². The van der Waals surface area contributed by atoms with Crippen LogP contribution in [0.5, 0.6) is 0 Å². The van der Waals surface area contributed by atoms with Gasteiger partial charge in [-0.2, -0.15) is 5.10 Å². The first-order valence-electron chi connectivity index (χ1n) is 7.03. The normalized spacial score (nSPS) is 17.4. The molecule has 1 aliphatic heterocycles. The number of rotatable bonds is 3. The molecule has 20 heavy (non-hydrogen) atoms. The second-order valence-corrected chi connectivity index (χ2v) is 5.27. The summed E-state index contributed by atoms with van der Waals surface area (Å²) in [5.41, 5.74) is 7.72. The number of hydrogen-bond donors (Lipinski definition) is 2. The molecule has 1 fully saturated rings. The first kappa shape index (κ1) is 14.9. The third kappa shape index (κ3) is 4.86. The van der Waals surface area contributed by atoms with E-state index in [0.717, 1.165) is 24.5 Å². The highest BCUT2D eigenvalue weighted by atomic mass is 32.1. The molecule has 2 N–H and O–H groups in total. The van der Waals surface area contributed by atoms with E-state index in [1.807, 2.05) is 25.1 Å². The molecule has 0 radical (unpaired) electrons. The van der Waals surface area contributed by atoms with E-state index in [2.05, 4.69) is 25.9 Å². The Morgan fingerprint density at radius 1 is 1.25 bits per heavy atom. The Balaban J connectivity index is 1.82. The molecule has 5 nitrogen and oxygen atoms in total. The number of aromatic nitrogens is 1. The molecule has 1 aliphatic rings. The predicted molar refractivity (Wildman–Crippen MR) is 85.4 cm³/mol. The number of hydrogen-bond acceptors (Lipinski definition) is 4. The van der Waals surface area contributed by atoms with Crippen LogP contribution in [-0.2, 0) is 0 Å². The molecule has 1 aromatic rings. The molecule has 0 saturated carbocycles. The predicted octanol–water partition coefficient (Wildman–Crippen LogP) is 2.06. The van der Waals surface area contributed by atoms with E-state index >= 15 is 0 Å². The maximum absolute atomic E-state index is 5.26. The van der Waals surface area contributed by atoms with Gasteiger partial charge in [-0.05, 0) is 44.1 Å². The van der Waals surface area contributed by atoms with E-state index in [4.69, 9.17) is 12.2 Å². The van der Waals surface area contributed by atoms with Gasteiger partial charge in [-0.15, -0.1) is 0 Å². The molecule has 2 rings (SSSR count). The Bertz CT molecular complexity index is 452. The molecule has 0 aromatic carbocycles. The van der Waals surface area contributed by atoms with Crippen molar-refractivity contribution in [3.8, 4) is 0 Å². The molecular weight excluding hydrogens is 270 g/mol. The van der Waals surface area contributed by atoms with Gasteiger partial charge in [-0.1, -0.05) is 18.9 Å². The van der Waals surface area contributed by atoms with Gasteiger partial charge in [0.1, 0.15) is 0 Å². The van der Waals surface area contributed by atoms with Crippen molar-refractivity contribution >= 4 is 23.0 Å². The standard InChI is InChI=1S/C14H21N5S/c1-12(13-8-4-5-9-15-13)16-17-14(20)18-19-10-6-2-3-7-11-19/h4-5,8-9H,2-3,6-7,10-11H2,1H3,(H2,17,18,20)/b16-12+. The molecule has 1 saturated heterocycles. The highest BCUT2D eigenvalue weighted by molar-refractivity contribution is 7.80. The van der Waals surface area contributed by atoms with Crippen LogP contribution in [0.3, 0.4) is 0 Å². The first-order chi connectivity index (χ1) is 9.75. The van der Waals surface area contributed by atoms with Gasteiger partial charge >= 0.3 is 0 Å². The fourth-order valence-corrected chi connectivity index (χ4v) is 2.29. The van der Waals surface area contributed by atoms with E-state index in [-0.39, 0.29) is 0 Å². The van der Waals surface area contributed by atoms with E-state index < -0.39 is 0 Å². The van der Waals surface area contributed by atoms with Crippen LogP contribution in [0.4, 0.5) is 0 Å². The average Bonchev–Trinajstić information content (AvgIpc) is 2.74. The lowest BCUT2D eigenvalue weighted by molar-refractivity contribution is 0.244. The zero-order valence-corrected chi connectivity index (χ0v) is 12.6. The summed E-state index contributed by atoms with van der Waals surface area (Å²) in [7, 11) is 0. The number of hydrazine groups is 1. The molecule has 0 unspecified atom stereocenters. The molecular formula is C14H21N5S. The van der Waals surface area contributed by atoms with Gasteiger partial charge in [0.15, 0.2) is 0 Å². The van der Waals surface area contributed by atoms with Gasteiger partial charge < -0.3 is 0 Å². The summed E-state index contributed by atoms with van der Waals surface area (Å²) >= 11 is 5.26. The molecule has 0 bridgehead atoms. The van der Waals surface area contributed by atoms with Crippen LogP contribution in [-0.4, -0.2) is 33.9 Å². The highest BCUT2D eigenvalue weighted by Crippen LogP contribution is 2.07. The topological polar surface area (TPSA) is 52.6 Å². The van der Waals surface area contributed by atoms with E-state index in [0.29, 0.717) is 5.11 Å². The Labute approximate surface area is 125 Å². The maximum atomic E-state index is 5.26. The number of nitrogens with one attached hydrogen (secondary N) is 2. The third-order valence-corrected chi connectivity index (χ3v) is 3.41. The van der Waals surface area contributed by atoms with Crippen molar-refractivity contribution < 1.29 is 0 Å². The van der Waals surface area contributed by atoms with Crippen molar-refractivity contribution in [2.24, 2.45) is 5.10 Å². The smallest absolute Gasteiger partial charge is 0.201 e. The van der Waals surface area contributed by atoms with Crippen molar-refractivity contribution in [3.63, 3.8) is 0 Å².